The molecule has 3 atom stereocenters. The smallest absolute Gasteiger partial charge is 0.276 e. The van der Waals surface area contributed by atoms with Crippen LogP contribution in [-0.4, -0.2) is 55.6 Å². The van der Waals surface area contributed by atoms with Crippen molar-refractivity contribution in [1.82, 2.24) is 14.4 Å². The monoisotopic (exact) mass is 442 g/mol. The quantitative estimate of drug-likeness (QED) is 0.749. The molecule has 32 heavy (non-hydrogen) atoms. The molecule has 4 rings (SSSR count). The number of fused-ring (bicyclic) bond motifs is 2. The van der Waals surface area contributed by atoms with E-state index in [0.717, 1.165) is 5.56 Å². The maximum atomic E-state index is 13.4. The number of pyridine rings is 1. The zero-order chi connectivity index (χ0) is 23.3. The van der Waals surface area contributed by atoms with Gasteiger partial charge in [-0.3, -0.25) is 19.3 Å². The van der Waals surface area contributed by atoms with Crippen LogP contribution in [0, 0.1) is 5.82 Å². The van der Waals surface area contributed by atoms with Gasteiger partial charge in [-0.05, 0) is 51.3 Å². The molecule has 1 aromatic heterocycles. The number of amides is 2. The summed E-state index contributed by atoms with van der Waals surface area (Å²) in [6.45, 7) is 6.31. The fourth-order valence-electron chi connectivity index (χ4n) is 5.17. The Bertz CT molecular complexity index is 1130. The number of halogens is 1. The Kier molecular flexibility index (Phi) is 5.54. The maximum absolute atomic E-state index is 13.4. The first-order chi connectivity index (χ1) is 15.1. The zero-order valence-electron chi connectivity index (χ0n) is 18.3. The Labute approximate surface area is 185 Å². The van der Waals surface area contributed by atoms with Crippen LogP contribution in [0.5, 0.6) is 5.75 Å². The van der Waals surface area contributed by atoms with Crippen molar-refractivity contribution in [3.63, 3.8) is 0 Å². The molecule has 0 saturated carbocycles. The lowest BCUT2D eigenvalue weighted by molar-refractivity contribution is -0.0755. The van der Waals surface area contributed by atoms with E-state index in [1.165, 1.54) is 22.9 Å². The standard InChI is InChI=1S/C23H27FN4O4/c1-12(2)27-16(9-14-4-6-15(24)7-5-14)8-13(3)28-18(27)11-26-10-17(22(25)31)20(29)21(30)19(26)23(28)32/h4-7,10,12-13,16,18,30H,8-9,11H2,1-3H3,(H2,25,31). The van der Waals surface area contributed by atoms with Crippen LogP contribution in [0.15, 0.2) is 35.3 Å². The van der Waals surface area contributed by atoms with Gasteiger partial charge in [0.05, 0.1) is 6.54 Å². The third-order valence-corrected chi connectivity index (χ3v) is 6.47. The van der Waals surface area contributed by atoms with Crippen molar-refractivity contribution < 1.29 is 19.1 Å². The third kappa shape index (κ3) is 3.56. The van der Waals surface area contributed by atoms with Gasteiger partial charge in [-0.1, -0.05) is 12.1 Å². The highest BCUT2D eigenvalue weighted by atomic mass is 19.1. The number of hydrogen-bond acceptors (Lipinski definition) is 5. The lowest BCUT2D eigenvalue weighted by Crippen LogP contribution is -2.68. The number of benzene rings is 1. The van der Waals surface area contributed by atoms with Gasteiger partial charge in [0.1, 0.15) is 17.5 Å². The Hall–Kier alpha value is -3.20. The number of nitrogens with two attached hydrogens (primary N) is 1. The van der Waals surface area contributed by atoms with Crippen LogP contribution >= 0.6 is 0 Å². The first-order valence-corrected chi connectivity index (χ1v) is 10.7. The van der Waals surface area contributed by atoms with Crippen molar-refractivity contribution in [2.75, 3.05) is 0 Å². The van der Waals surface area contributed by atoms with Crippen LogP contribution in [0.25, 0.3) is 0 Å². The fourth-order valence-corrected chi connectivity index (χ4v) is 5.17. The van der Waals surface area contributed by atoms with Gasteiger partial charge in [-0.25, -0.2) is 4.39 Å². The number of aromatic nitrogens is 1. The van der Waals surface area contributed by atoms with Crippen LogP contribution in [-0.2, 0) is 13.0 Å². The van der Waals surface area contributed by atoms with Crippen molar-refractivity contribution >= 4 is 11.8 Å². The van der Waals surface area contributed by atoms with E-state index in [4.69, 9.17) is 5.73 Å². The molecule has 2 amide bonds. The Morgan fingerprint density at radius 3 is 2.50 bits per heavy atom. The molecular formula is C23H27FN4O4. The number of carbonyl (C=O) groups is 2. The minimum Gasteiger partial charge on any atom is -0.503 e. The number of aromatic hydroxyl groups is 1. The Morgan fingerprint density at radius 2 is 1.91 bits per heavy atom. The van der Waals surface area contributed by atoms with Gasteiger partial charge < -0.3 is 20.3 Å². The van der Waals surface area contributed by atoms with E-state index in [0.29, 0.717) is 12.8 Å². The molecule has 1 saturated heterocycles. The summed E-state index contributed by atoms with van der Waals surface area (Å²) in [5, 5.41) is 10.4. The minimum atomic E-state index is -0.956. The summed E-state index contributed by atoms with van der Waals surface area (Å²) >= 11 is 0. The number of carbonyl (C=O) groups excluding carboxylic acids is 2. The normalized spacial score (nSPS) is 23.2. The average Bonchev–Trinajstić information content (AvgIpc) is 2.71. The molecule has 0 bridgehead atoms. The third-order valence-electron chi connectivity index (χ3n) is 6.47. The van der Waals surface area contributed by atoms with Gasteiger partial charge in [-0.2, -0.15) is 0 Å². The molecule has 0 spiro atoms. The first-order valence-electron chi connectivity index (χ1n) is 10.7. The Balaban J connectivity index is 1.76. The average molecular weight is 442 g/mol. The predicted octanol–water partition coefficient (Wildman–Crippen LogP) is 1.69. The highest BCUT2D eigenvalue weighted by Crippen LogP contribution is 2.35. The summed E-state index contributed by atoms with van der Waals surface area (Å²) in [5.74, 6) is -2.44. The molecule has 2 aromatic rings. The molecule has 9 heteroatoms. The number of nitrogens with zero attached hydrogens (tertiary/aromatic N) is 3. The van der Waals surface area contributed by atoms with Crippen LogP contribution in [0.2, 0.25) is 0 Å². The molecule has 0 aliphatic carbocycles. The van der Waals surface area contributed by atoms with Crippen LogP contribution in [0.1, 0.15) is 53.6 Å². The predicted molar refractivity (Wildman–Crippen MR) is 116 cm³/mol. The van der Waals surface area contributed by atoms with Crippen LogP contribution in [0.3, 0.4) is 0 Å². The zero-order valence-corrected chi connectivity index (χ0v) is 18.3. The molecule has 3 heterocycles. The van der Waals surface area contributed by atoms with Gasteiger partial charge >= 0.3 is 0 Å². The lowest BCUT2D eigenvalue weighted by Gasteiger charge is -2.55. The van der Waals surface area contributed by atoms with E-state index in [2.05, 4.69) is 4.90 Å². The van der Waals surface area contributed by atoms with Crippen molar-refractivity contribution in [3.05, 3.63) is 63.3 Å². The molecular weight excluding hydrogens is 415 g/mol. The first kappa shape index (κ1) is 22.0. The number of hydrogen-bond donors (Lipinski definition) is 2. The SMILES string of the molecule is CC1CC(Cc2ccc(F)cc2)N(C(C)C)C2Cn3cc(C(N)=O)c(=O)c(O)c3C(=O)N12. The van der Waals surface area contributed by atoms with Crippen LogP contribution < -0.4 is 11.2 Å². The van der Waals surface area contributed by atoms with Gasteiger partial charge in [0.25, 0.3) is 11.8 Å². The molecule has 3 unspecified atom stereocenters. The minimum absolute atomic E-state index is 0.0818. The second-order valence-corrected chi connectivity index (χ2v) is 8.89. The summed E-state index contributed by atoms with van der Waals surface area (Å²) in [7, 11) is 0. The topological polar surface area (TPSA) is 109 Å². The number of rotatable bonds is 4. The number of primary amides is 1. The van der Waals surface area contributed by atoms with E-state index in [1.54, 1.807) is 17.0 Å². The Morgan fingerprint density at radius 1 is 1.25 bits per heavy atom. The molecule has 0 radical (unpaired) electrons. The van der Waals surface area contributed by atoms with Gasteiger partial charge in [0, 0.05) is 24.3 Å². The van der Waals surface area contributed by atoms with E-state index >= 15 is 0 Å². The molecule has 1 aromatic carbocycles. The largest absolute Gasteiger partial charge is 0.503 e. The summed E-state index contributed by atoms with van der Waals surface area (Å²) in [6, 6.07) is 6.46. The molecule has 3 N–H and O–H groups in total. The van der Waals surface area contributed by atoms with Crippen LogP contribution in [0.4, 0.5) is 4.39 Å². The summed E-state index contributed by atoms with van der Waals surface area (Å²) < 4.78 is 14.8. The highest BCUT2D eigenvalue weighted by Gasteiger charge is 2.47. The summed E-state index contributed by atoms with van der Waals surface area (Å²) in [6.07, 6.45) is 2.30. The van der Waals surface area contributed by atoms with Gasteiger partial charge in [0.2, 0.25) is 5.43 Å². The molecule has 8 nitrogen and oxygen atoms in total. The fraction of sp³-hybridized carbons (Fsp3) is 0.435. The maximum Gasteiger partial charge on any atom is 0.276 e. The molecule has 2 aliphatic heterocycles. The molecule has 170 valence electrons. The van der Waals surface area contributed by atoms with Crippen molar-refractivity contribution in [3.8, 4) is 5.75 Å². The molecule has 2 aliphatic rings. The van der Waals surface area contributed by atoms with Gasteiger partial charge in [-0.15, -0.1) is 0 Å². The van der Waals surface area contributed by atoms with Crippen molar-refractivity contribution in [2.24, 2.45) is 5.73 Å². The van der Waals surface area contributed by atoms with Crippen molar-refractivity contribution in [1.29, 1.82) is 0 Å². The van der Waals surface area contributed by atoms with E-state index in [-0.39, 0.29) is 47.9 Å². The van der Waals surface area contributed by atoms with E-state index < -0.39 is 23.0 Å². The second-order valence-electron chi connectivity index (χ2n) is 8.89. The van der Waals surface area contributed by atoms with E-state index in [1.807, 2.05) is 20.8 Å². The summed E-state index contributed by atoms with van der Waals surface area (Å²) in [4.78, 5) is 41.4. The van der Waals surface area contributed by atoms with Gasteiger partial charge in [0.15, 0.2) is 11.4 Å². The molecule has 1 fully saturated rings. The second kappa shape index (κ2) is 8.05. The van der Waals surface area contributed by atoms with Crippen molar-refractivity contribution in [2.45, 2.75) is 64.4 Å². The van der Waals surface area contributed by atoms with E-state index in [9.17, 15) is 23.9 Å². The lowest BCUT2D eigenvalue weighted by atomic mass is 9.91. The highest BCUT2D eigenvalue weighted by molar-refractivity contribution is 5.98. The summed E-state index contributed by atoms with van der Waals surface area (Å²) in [5.41, 5.74) is 4.90.